The lowest BCUT2D eigenvalue weighted by Crippen LogP contribution is -2.41. The van der Waals surface area contributed by atoms with Crippen molar-refractivity contribution in [1.29, 1.82) is 0 Å². The number of para-hydroxylation sites is 3. The minimum atomic E-state index is -0.00513. The van der Waals surface area contributed by atoms with Gasteiger partial charge in [0.25, 0.3) is 0 Å². The quantitative estimate of drug-likeness (QED) is 0.662. The van der Waals surface area contributed by atoms with E-state index in [-0.39, 0.29) is 18.5 Å². The molecule has 2 atom stereocenters. The Labute approximate surface area is 164 Å². The zero-order chi connectivity index (χ0) is 19.3. The molecule has 4 rings (SSSR count). The molecule has 1 heterocycles. The minimum Gasteiger partial charge on any atom is -0.486 e. The van der Waals surface area contributed by atoms with Gasteiger partial charge in [-0.2, -0.15) is 0 Å². The number of imidazole rings is 1. The number of nitrogens with zero attached hydrogens (tertiary/aromatic N) is 2. The molecule has 1 saturated carbocycles. The summed E-state index contributed by atoms with van der Waals surface area (Å²) in [5.41, 5.74) is 7.65. The number of carbonyl (C=O) groups is 1. The lowest BCUT2D eigenvalue weighted by Gasteiger charge is -2.20. The first-order valence-corrected chi connectivity index (χ1v) is 9.86. The van der Waals surface area contributed by atoms with Gasteiger partial charge < -0.3 is 20.4 Å². The van der Waals surface area contributed by atoms with Gasteiger partial charge in [0.1, 0.15) is 24.7 Å². The van der Waals surface area contributed by atoms with Crippen LogP contribution in [0.15, 0.2) is 54.6 Å². The molecule has 2 aromatic carbocycles. The molecular weight excluding hydrogens is 352 g/mol. The highest BCUT2D eigenvalue weighted by Gasteiger charge is 2.27. The van der Waals surface area contributed by atoms with Crippen LogP contribution in [0.25, 0.3) is 11.0 Å². The third-order valence-electron chi connectivity index (χ3n) is 5.45. The SMILES string of the molecule is NCC1CCCC1NC(=O)Cn1c(COc2ccccc2)nc2ccccc21. The van der Waals surface area contributed by atoms with E-state index in [4.69, 9.17) is 10.5 Å². The summed E-state index contributed by atoms with van der Waals surface area (Å²) in [6, 6.07) is 17.7. The van der Waals surface area contributed by atoms with E-state index in [9.17, 15) is 4.79 Å². The number of benzene rings is 2. The van der Waals surface area contributed by atoms with Crippen LogP contribution in [0, 0.1) is 5.92 Å². The maximum Gasteiger partial charge on any atom is 0.240 e. The smallest absolute Gasteiger partial charge is 0.240 e. The second-order valence-corrected chi connectivity index (χ2v) is 7.31. The Balaban J connectivity index is 1.52. The Bertz CT molecular complexity index is 938. The van der Waals surface area contributed by atoms with Gasteiger partial charge >= 0.3 is 0 Å². The number of hydrogen-bond acceptors (Lipinski definition) is 4. The number of nitrogens with one attached hydrogen (secondary N) is 1. The van der Waals surface area contributed by atoms with E-state index in [1.807, 2.05) is 59.2 Å². The minimum absolute atomic E-state index is 0.00513. The zero-order valence-corrected chi connectivity index (χ0v) is 15.9. The van der Waals surface area contributed by atoms with Gasteiger partial charge in [0.15, 0.2) is 0 Å². The summed E-state index contributed by atoms with van der Waals surface area (Å²) < 4.78 is 7.82. The van der Waals surface area contributed by atoms with Crippen LogP contribution in [0.4, 0.5) is 0 Å². The van der Waals surface area contributed by atoms with Crippen molar-refractivity contribution in [3.05, 3.63) is 60.4 Å². The number of aromatic nitrogens is 2. The molecule has 0 spiro atoms. The van der Waals surface area contributed by atoms with Gasteiger partial charge in [0.05, 0.1) is 11.0 Å². The molecule has 1 aliphatic carbocycles. The second kappa shape index (κ2) is 8.44. The number of fused-ring (bicyclic) bond motifs is 1. The maximum absolute atomic E-state index is 12.8. The van der Waals surface area contributed by atoms with Gasteiger partial charge in [0, 0.05) is 6.04 Å². The van der Waals surface area contributed by atoms with Crippen LogP contribution in [-0.4, -0.2) is 28.0 Å². The Morgan fingerprint density at radius 3 is 2.75 bits per heavy atom. The van der Waals surface area contributed by atoms with Gasteiger partial charge in [-0.3, -0.25) is 4.79 Å². The van der Waals surface area contributed by atoms with Crippen molar-refractivity contribution >= 4 is 16.9 Å². The van der Waals surface area contributed by atoms with Crippen molar-refractivity contribution in [3.63, 3.8) is 0 Å². The molecule has 3 N–H and O–H groups in total. The number of nitrogens with two attached hydrogens (primary N) is 1. The van der Waals surface area contributed by atoms with E-state index in [1.165, 1.54) is 0 Å². The summed E-state index contributed by atoms with van der Waals surface area (Å²) in [5, 5.41) is 3.18. The number of carbonyl (C=O) groups excluding carboxylic acids is 1. The topological polar surface area (TPSA) is 82.2 Å². The van der Waals surface area contributed by atoms with Gasteiger partial charge in [-0.1, -0.05) is 36.8 Å². The number of rotatable bonds is 7. The number of hydrogen-bond donors (Lipinski definition) is 2. The van der Waals surface area contributed by atoms with E-state index in [0.29, 0.717) is 19.1 Å². The Morgan fingerprint density at radius 2 is 1.93 bits per heavy atom. The predicted octanol–water partition coefficient (Wildman–Crippen LogP) is 2.86. The molecule has 1 fully saturated rings. The molecule has 6 heteroatoms. The van der Waals surface area contributed by atoms with Crippen LogP contribution in [0.3, 0.4) is 0 Å². The average molecular weight is 378 g/mol. The summed E-state index contributed by atoms with van der Waals surface area (Å²) in [6.07, 6.45) is 3.21. The van der Waals surface area contributed by atoms with Crippen molar-refractivity contribution in [1.82, 2.24) is 14.9 Å². The van der Waals surface area contributed by atoms with E-state index in [1.54, 1.807) is 0 Å². The molecule has 0 aliphatic heterocycles. The molecule has 28 heavy (non-hydrogen) atoms. The number of ether oxygens (including phenoxy) is 1. The summed E-state index contributed by atoms with van der Waals surface area (Å²) >= 11 is 0. The lowest BCUT2D eigenvalue weighted by atomic mass is 10.0. The highest BCUT2D eigenvalue weighted by Crippen LogP contribution is 2.25. The normalized spacial score (nSPS) is 19.0. The first kappa shape index (κ1) is 18.5. The molecule has 146 valence electrons. The first-order chi connectivity index (χ1) is 13.7. The van der Waals surface area contributed by atoms with E-state index in [0.717, 1.165) is 41.9 Å². The predicted molar refractivity (Wildman–Crippen MR) is 109 cm³/mol. The Kier molecular flexibility index (Phi) is 5.58. The summed E-state index contributed by atoms with van der Waals surface area (Å²) in [6.45, 7) is 1.15. The molecular formula is C22H26N4O2. The van der Waals surface area contributed by atoms with Crippen LogP contribution in [0.1, 0.15) is 25.1 Å². The van der Waals surface area contributed by atoms with E-state index >= 15 is 0 Å². The fourth-order valence-corrected chi connectivity index (χ4v) is 3.98. The molecule has 0 radical (unpaired) electrons. The molecule has 2 unspecified atom stereocenters. The van der Waals surface area contributed by atoms with Gasteiger partial charge in [0.2, 0.25) is 5.91 Å². The van der Waals surface area contributed by atoms with Crippen LogP contribution in [-0.2, 0) is 17.9 Å². The highest BCUT2D eigenvalue weighted by atomic mass is 16.5. The Hall–Kier alpha value is -2.86. The largest absolute Gasteiger partial charge is 0.486 e. The van der Waals surface area contributed by atoms with Crippen LogP contribution >= 0.6 is 0 Å². The number of amides is 1. The maximum atomic E-state index is 12.8. The standard InChI is InChI=1S/C22H26N4O2/c23-13-16-7-6-11-18(16)25-22(27)14-26-20-12-5-4-10-19(20)24-21(26)15-28-17-8-2-1-3-9-17/h1-5,8-10,12,16,18H,6-7,11,13-15,23H2,(H,25,27). The van der Waals surface area contributed by atoms with E-state index < -0.39 is 0 Å². The first-order valence-electron chi connectivity index (χ1n) is 9.86. The monoisotopic (exact) mass is 378 g/mol. The fourth-order valence-electron chi connectivity index (χ4n) is 3.98. The summed E-state index contributed by atoms with van der Waals surface area (Å²) in [7, 11) is 0. The summed E-state index contributed by atoms with van der Waals surface area (Å²) in [4.78, 5) is 17.4. The van der Waals surface area contributed by atoms with Crippen molar-refractivity contribution < 1.29 is 9.53 Å². The van der Waals surface area contributed by atoms with Crippen LogP contribution in [0.2, 0.25) is 0 Å². The van der Waals surface area contributed by atoms with Gasteiger partial charge in [-0.05, 0) is 49.6 Å². The molecule has 1 amide bonds. The highest BCUT2D eigenvalue weighted by molar-refractivity contribution is 5.81. The van der Waals surface area contributed by atoms with E-state index in [2.05, 4.69) is 10.3 Å². The van der Waals surface area contributed by atoms with Crippen molar-refractivity contribution in [2.45, 2.75) is 38.5 Å². The zero-order valence-electron chi connectivity index (χ0n) is 15.9. The van der Waals surface area contributed by atoms with Crippen molar-refractivity contribution in [2.24, 2.45) is 11.7 Å². The lowest BCUT2D eigenvalue weighted by molar-refractivity contribution is -0.122. The molecule has 3 aromatic rings. The molecule has 0 bridgehead atoms. The molecule has 1 aliphatic rings. The van der Waals surface area contributed by atoms with Crippen molar-refractivity contribution in [2.75, 3.05) is 6.54 Å². The molecule has 1 aromatic heterocycles. The van der Waals surface area contributed by atoms with Gasteiger partial charge in [-0.15, -0.1) is 0 Å². The van der Waals surface area contributed by atoms with Crippen LogP contribution < -0.4 is 15.8 Å². The van der Waals surface area contributed by atoms with Crippen molar-refractivity contribution in [3.8, 4) is 5.75 Å². The molecule has 0 saturated heterocycles. The third-order valence-corrected chi connectivity index (χ3v) is 5.45. The average Bonchev–Trinajstić information content (AvgIpc) is 3.31. The fraction of sp³-hybridized carbons (Fsp3) is 0.364. The second-order valence-electron chi connectivity index (χ2n) is 7.31. The molecule has 6 nitrogen and oxygen atoms in total. The van der Waals surface area contributed by atoms with Crippen LogP contribution in [0.5, 0.6) is 5.75 Å². The summed E-state index contributed by atoms with van der Waals surface area (Å²) in [5.74, 6) is 1.89. The Morgan fingerprint density at radius 1 is 1.14 bits per heavy atom. The van der Waals surface area contributed by atoms with Gasteiger partial charge in [-0.25, -0.2) is 4.98 Å². The third kappa shape index (κ3) is 4.02.